The third kappa shape index (κ3) is 4.13. The molecule has 6 nitrogen and oxygen atoms in total. The molecule has 0 saturated carbocycles. The Kier molecular flexibility index (Phi) is 5.13. The lowest BCUT2D eigenvalue weighted by molar-refractivity contribution is -0.133. The molecule has 128 valence electrons. The van der Waals surface area contributed by atoms with Gasteiger partial charge in [-0.2, -0.15) is 4.98 Å². The number of anilines is 1. The van der Waals surface area contributed by atoms with Gasteiger partial charge in [-0.3, -0.25) is 4.79 Å². The van der Waals surface area contributed by atoms with Crippen LogP contribution in [0.15, 0.2) is 28.8 Å². The van der Waals surface area contributed by atoms with Crippen LogP contribution in [0.5, 0.6) is 0 Å². The van der Waals surface area contributed by atoms with E-state index in [2.05, 4.69) is 10.1 Å². The van der Waals surface area contributed by atoms with Gasteiger partial charge in [0.1, 0.15) is 0 Å². The van der Waals surface area contributed by atoms with Gasteiger partial charge in [-0.15, -0.1) is 0 Å². The van der Waals surface area contributed by atoms with E-state index < -0.39 is 0 Å². The highest BCUT2D eigenvalue weighted by atomic mass is 16.5. The zero-order valence-electron chi connectivity index (χ0n) is 14.1. The van der Waals surface area contributed by atoms with Crippen molar-refractivity contribution in [3.63, 3.8) is 0 Å². The zero-order chi connectivity index (χ0) is 16.9. The van der Waals surface area contributed by atoms with Crippen molar-refractivity contribution in [2.75, 3.05) is 18.8 Å². The molecule has 1 aromatic heterocycles. The van der Waals surface area contributed by atoms with Crippen LogP contribution in [0.1, 0.15) is 36.5 Å². The molecule has 2 heterocycles. The largest absolute Gasteiger partial charge is 0.399 e. The summed E-state index contributed by atoms with van der Waals surface area (Å²) in [7, 11) is 0. The van der Waals surface area contributed by atoms with E-state index >= 15 is 0 Å². The van der Waals surface area contributed by atoms with E-state index in [-0.39, 0.29) is 5.91 Å². The highest BCUT2D eigenvalue weighted by molar-refractivity contribution is 5.76. The molecule has 2 aromatic rings. The van der Waals surface area contributed by atoms with E-state index in [1.54, 1.807) is 6.92 Å². The average molecular weight is 328 g/mol. The van der Waals surface area contributed by atoms with Crippen LogP contribution in [-0.4, -0.2) is 34.0 Å². The number of benzene rings is 1. The highest BCUT2D eigenvalue weighted by Gasteiger charge is 2.24. The summed E-state index contributed by atoms with van der Waals surface area (Å²) in [5.74, 6) is 1.94. The van der Waals surface area contributed by atoms with Crippen molar-refractivity contribution in [1.82, 2.24) is 15.0 Å². The SMILES string of the molecule is Cc1nc(CC2CCCN(C(=O)CCc3ccccc3N)C2)no1. The first-order valence-corrected chi connectivity index (χ1v) is 8.52. The van der Waals surface area contributed by atoms with Gasteiger partial charge in [-0.1, -0.05) is 23.4 Å². The second-order valence-electron chi connectivity index (χ2n) is 6.48. The highest BCUT2D eigenvalue weighted by Crippen LogP contribution is 2.21. The maximum atomic E-state index is 12.5. The summed E-state index contributed by atoms with van der Waals surface area (Å²) in [6.45, 7) is 3.41. The van der Waals surface area contributed by atoms with Crippen molar-refractivity contribution in [1.29, 1.82) is 0 Å². The molecule has 1 amide bonds. The molecular formula is C18H24N4O2. The molecule has 1 aromatic carbocycles. The Hall–Kier alpha value is -2.37. The molecule has 3 rings (SSSR count). The van der Waals surface area contributed by atoms with Crippen LogP contribution in [0, 0.1) is 12.8 Å². The maximum absolute atomic E-state index is 12.5. The molecule has 0 radical (unpaired) electrons. The Labute approximate surface area is 142 Å². The van der Waals surface area contributed by atoms with Crippen LogP contribution in [0.2, 0.25) is 0 Å². The zero-order valence-corrected chi connectivity index (χ0v) is 14.1. The lowest BCUT2D eigenvalue weighted by Gasteiger charge is -2.32. The van der Waals surface area contributed by atoms with Gasteiger partial charge in [0.25, 0.3) is 0 Å². The topological polar surface area (TPSA) is 85.2 Å². The van der Waals surface area contributed by atoms with Gasteiger partial charge in [0, 0.05) is 38.5 Å². The molecule has 1 aliphatic heterocycles. The van der Waals surface area contributed by atoms with Crippen molar-refractivity contribution in [2.45, 2.75) is 39.0 Å². The molecule has 0 spiro atoms. The number of hydrogen-bond acceptors (Lipinski definition) is 5. The maximum Gasteiger partial charge on any atom is 0.223 e. The summed E-state index contributed by atoms with van der Waals surface area (Å²) in [6, 6.07) is 7.74. The summed E-state index contributed by atoms with van der Waals surface area (Å²) in [6.07, 6.45) is 4.09. The smallest absolute Gasteiger partial charge is 0.223 e. The number of nitrogen functional groups attached to an aromatic ring is 1. The first kappa shape index (κ1) is 16.5. The van der Waals surface area contributed by atoms with Gasteiger partial charge in [-0.05, 0) is 36.8 Å². The minimum atomic E-state index is 0.201. The number of aryl methyl sites for hydroxylation is 2. The third-order valence-corrected chi connectivity index (χ3v) is 4.58. The van der Waals surface area contributed by atoms with Gasteiger partial charge in [-0.25, -0.2) is 0 Å². The predicted molar refractivity (Wildman–Crippen MR) is 91.2 cm³/mol. The Morgan fingerprint density at radius 3 is 3.00 bits per heavy atom. The molecular weight excluding hydrogens is 304 g/mol. The number of nitrogens with two attached hydrogens (primary N) is 1. The normalized spacial score (nSPS) is 17.9. The average Bonchev–Trinajstić information content (AvgIpc) is 2.99. The number of carbonyl (C=O) groups is 1. The van der Waals surface area contributed by atoms with Gasteiger partial charge < -0.3 is 15.2 Å². The van der Waals surface area contributed by atoms with Crippen molar-refractivity contribution in [3.8, 4) is 0 Å². The van der Waals surface area contributed by atoms with E-state index in [0.717, 1.165) is 49.4 Å². The van der Waals surface area contributed by atoms with E-state index in [0.29, 0.717) is 24.7 Å². The Morgan fingerprint density at radius 2 is 2.25 bits per heavy atom. The summed E-state index contributed by atoms with van der Waals surface area (Å²) in [4.78, 5) is 18.8. The minimum absolute atomic E-state index is 0.201. The second-order valence-corrected chi connectivity index (χ2v) is 6.48. The molecule has 1 atom stereocenters. The van der Waals surface area contributed by atoms with E-state index in [1.807, 2.05) is 29.2 Å². The quantitative estimate of drug-likeness (QED) is 0.852. The minimum Gasteiger partial charge on any atom is -0.399 e. The number of para-hydroxylation sites is 1. The van der Waals surface area contributed by atoms with Crippen LogP contribution in [0.4, 0.5) is 5.69 Å². The van der Waals surface area contributed by atoms with Crippen LogP contribution in [-0.2, 0) is 17.6 Å². The van der Waals surface area contributed by atoms with E-state index in [9.17, 15) is 4.79 Å². The van der Waals surface area contributed by atoms with E-state index in [1.165, 1.54) is 0 Å². The second kappa shape index (κ2) is 7.47. The number of likely N-dealkylation sites (tertiary alicyclic amines) is 1. The monoisotopic (exact) mass is 328 g/mol. The van der Waals surface area contributed by atoms with Gasteiger partial charge in [0.05, 0.1) is 0 Å². The molecule has 1 aliphatic rings. The first-order chi connectivity index (χ1) is 11.6. The van der Waals surface area contributed by atoms with Crippen molar-refractivity contribution < 1.29 is 9.32 Å². The number of nitrogens with zero attached hydrogens (tertiary/aromatic N) is 3. The van der Waals surface area contributed by atoms with Crippen molar-refractivity contribution in [2.24, 2.45) is 5.92 Å². The summed E-state index contributed by atoms with van der Waals surface area (Å²) < 4.78 is 5.03. The number of rotatable bonds is 5. The summed E-state index contributed by atoms with van der Waals surface area (Å²) in [5.41, 5.74) is 7.75. The van der Waals surface area contributed by atoms with Gasteiger partial charge in [0.2, 0.25) is 11.8 Å². The summed E-state index contributed by atoms with van der Waals surface area (Å²) >= 11 is 0. The lowest BCUT2D eigenvalue weighted by atomic mass is 9.94. The fraction of sp³-hybridized carbons (Fsp3) is 0.500. The van der Waals surface area contributed by atoms with Crippen LogP contribution in [0.25, 0.3) is 0 Å². The van der Waals surface area contributed by atoms with Crippen LogP contribution < -0.4 is 5.73 Å². The van der Waals surface area contributed by atoms with Crippen molar-refractivity contribution >= 4 is 11.6 Å². The summed E-state index contributed by atoms with van der Waals surface area (Å²) in [5, 5.41) is 3.96. The van der Waals surface area contributed by atoms with Crippen LogP contribution in [0.3, 0.4) is 0 Å². The van der Waals surface area contributed by atoms with Gasteiger partial charge in [0.15, 0.2) is 5.82 Å². The fourth-order valence-corrected chi connectivity index (χ4v) is 3.30. The number of carbonyl (C=O) groups excluding carboxylic acids is 1. The Balaban J connectivity index is 1.52. The lowest BCUT2D eigenvalue weighted by Crippen LogP contribution is -2.40. The standard InChI is InChI=1S/C18H24N4O2/c1-13-20-17(21-24-13)11-14-5-4-10-22(12-14)18(23)9-8-15-6-2-3-7-16(15)19/h2-3,6-7,14H,4-5,8-12,19H2,1H3. The third-order valence-electron chi connectivity index (χ3n) is 4.58. The molecule has 6 heteroatoms. The van der Waals surface area contributed by atoms with Crippen LogP contribution >= 0.6 is 0 Å². The predicted octanol–water partition coefficient (Wildman–Crippen LogP) is 2.37. The molecule has 0 aliphatic carbocycles. The van der Waals surface area contributed by atoms with E-state index in [4.69, 9.17) is 10.3 Å². The Morgan fingerprint density at radius 1 is 1.42 bits per heavy atom. The molecule has 1 fully saturated rings. The number of aromatic nitrogens is 2. The molecule has 2 N–H and O–H groups in total. The van der Waals surface area contributed by atoms with Gasteiger partial charge >= 0.3 is 0 Å². The Bertz CT molecular complexity index is 698. The number of amides is 1. The number of hydrogen-bond donors (Lipinski definition) is 1. The number of piperidine rings is 1. The first-order valence-electron chi connectivity index (χ1n) is 8.52. The molecule has 1 unspecified atom stereocenters. The molecule has 1 saturated heterocycles. The van der Waals surface area contributed by atoms with Crippen molar-refractivity contribution in [3.05, 3.63) is 41.5 Å². The molecule has 0 bridgehead atoms. The molecule has 24 heavy (non-hydrogen) atoms. The fourth-order valence-electron chi connectivity index (χ4n) is 3.30.